The lowest BCUT2D eigenvalue weighted by molar-refractivity contribution is 0.997. The summed E-state index contributed by atoms with van der Waals surface area (Å²) in [4.78, 5) is 11.0. The number of benzene rings is 10. The van der Waals surface area contributed by atoms with E-state index in [1.165, 1.54) is 53.3 Å². The van der Waals surface area contributed by atoms with Crippen LogP contribution in [0.3, 0.4) is 0 Å². The van der Waals surface area contributed by atoms with E-state index in [4.69, 9.17) is 9.97 Å². The summed E-state index contributed by atoms with van der Waals surface area (Å²) in [5.41, 5.74) is 12.0. The molecule has 5 heterocycles. The summed E-state index contributed by atoms with van der Waals surface area (Å²) in [5, 5.41) is 10.1. The molecule has 0 bridgehead atoms. The lowest BCUT2D eigenvalue weighted by Gasteiger charge is -2.35. The maximum atomic E-state index is 5.67. The van der Waals surface area contributed by atoms with Gasteiger partial charge in [-0.05, 0) is 105 Å². The third-order valence-corrected chi connectivity index (χ3v) is 19.9. The predicted octanol–water partition coefficient (Wildman–Crippen LogP) is 13.1. The molecular formula is C66H44N6Si. The molecule has 0 N–H and O–H groups in total. The summed E-state index contributed by atoms with van der Waals surface area (Å²) < 4.78 is 9.25. The van der Waals surface area contributed by atoms with E-state index in [2.05, 4.69) is 285 Å². The van der Waals surface area contributed by atoms with Crippen molar-refractivity contribution in [3.63, 3.8) is 0 Å². The normalized spacial score (nSPS) is 12.1. The van der Waals surface area contributed by atoms with Gasteiger partial charge < -0.3 is 4.57 Å². The third kappa shape index (κ3) is 6.16. The fraction of sp³-hybridized carbons (Fsp3) is 0. The summed E-state index contributed by atoms with van der Waals surface area (Å²) in [5.74, 6) is 2.44. The molecule has 6 nitrogen and oxygen atoms in total. The van der Waals surface area contributed by atoms with Gasteiger partial charge in [-0.1, -0.05) is 194 Å². The van der Waals surface area contributed by atoms with Crippen molar-refractivity contribution < 1.29 is 0 Å². The molecule has 10 aromatic carbocycles. The fourth-order valence-electron chi connectivity index (χ4n) is 12.0. The van der Waals surface area contributed by atoms with E-state index >= 15 is 0 Å². The molecule has 0 atom stereocenters. The maximum Gasteiger partial charge on any atom is 0.221 e. The Labute approximate surface area is 421 Å². The van der Waals surface area contributed by atoms with E-state index in [9.17, 15) is 0 Å². The maximum absolute atomic E-state index is 5.67. The zero-order valence-corrected chi connectivity index (χ0v) is 40.6. The number of hydrogen-bond donors (Lipinski definition) is 0. The minimum Gasteiger partial charge on any atom is -0.309 e. The van der Waals surface area contributed by atoms with E-state index in [1.807, 2.05) is 0 Å². The summed E-state index contributed by atoms with van der Waals surface area (Å²) in [6, 6.07) is 97.6. The zero-order valence-electron chi connectivity index (χ0n) is 39.6. The number of nitrogens with zero attached hydrogens (tertiary/aromatic N) is 6. The van der Waals surface area contributed by atoms with E-state index in [0.29, 0.717) is 0 Å². The standard InChI is InChI=1S/C66H44N6Si/c1-3-21-48(22-4-1)73(49-23-5-2-6-24-49,50-40-38-47(39-41-50)69-57-31-12-7-26-52(57)53-27-8-13-32-58(53)69)51-25-19-20-45(42-51)46-43-64(70-59-33-14-9-28-54(59)55-29-10-15-34-60(55)70)68-65(44-46)72-63-37-18-17-36-62(63)71-61-35-16-11-30-56(61)67-66(71)72/h1-44H. The number of para-hydroxylation sites is 8. The lowest BCUT2D eigenvalue weighted by atomic mass is 10.1. The highest BCUT2D eigenvalue weighted by Gasteiger charge is 2.41. The van der Waals surface area contributed by atoms with Gasteiger partial charge in [0.2, 0.25) is 5.78 Å². The van der Waals surface area contributed by atoms with Crippen LogP contribution in [-0.2, 0) is 0 Å². The molecule has 342 valence electrons. The van der Waals surface area contributed by atoms with Gasteiger partial charge in [-0.15, -0.1) is 0 Å². The number of imidazole rings is 2. The number of fused-ring (bicyclic) bond motifs is 11. The average molecular weight is 949 g/mol. The van der Waals surface area contributed by atoms with Gasteiger partial charge in [0.05, 0.1) is 44.1 Å². The molecule has 0 aliphatic carbocycles. The Balaban J connectivity index is 0.987. The number of hydrogen-bond acceptors (Lipinski definition) is 2. The van der Waals surface area contributed by atoms with Crippen LogP contribution in [0.2, 0.25) is 0 Å². The first-order chi connectivity index (χ1) is 36.2. The Morgan fingerprint density at radius 2 is 0.712 bits per heavy atom. The van der Waals surface area contributed by atoms with Gasteiger partial charge in [0.25, 0.3) is 0 Å². The van der Waals surface area contributed by atoms with Crippen LogP contribution in [0.5, 0.6) is 0 Å². The smallest absolute Gasteiger partial charge is 0.221 e. The van der Waals surface area contributed by atoms with Crippen LogP contribution < -0.4 is 20.7 Å². The molecule has 73 heavy (non-hydrogen) atoms. The lowest BCUT2D eigenvalue weighted by Crippen LogP contribution is -2.74. The highest BCUT2D eigenvalue weighted by molar-refractivity contribution is 7.20. The molecule has 0 radical (unpaired) electrons. The molecule has 0 fully saturated rings. The van der Waals surface area contributed by atoms with Gasteiger partial charge in [0, 0.05) is 27.2 Å². The average Bonchev–Trinajstić information content (AvgIpc) is 4.20. The Hall–Kier alpha value is -9.56. The molecule has 0 saturated heterocycles. The number of pyridine rings is 1. The quantitative estimate of drug-likeness (QED) is 0.113. The second-order valence-electron chi connectivity index (χ2n) is 19.0. The molecular weight excluding hydrogens is 905 g/mol. The van der Waals surface area contributed by atoms with Crippen LogP contribution in [0.15, 0.2) is 267 Å². The zero-order chi connectivity index (χ0) is 48.0. The largest absolute Gasteiger partial charge is 0.309 e. The first-order valence-electron chi connectivity index (χ1n) is 24.9. The molecule has 15 aromatic rings. The number of rotatable bonds is 8. The molecule has 15 rings (SSSR count). The molecule has 0 aliphatic rings. The molecule has 0 aliphatic heterocycles. The van der Waals surface area contributed by atoms with Crippen molar-refractivity contribution in [3.8, 4) is 28.5 Å². The Kier molecular flexibility index (Phi) is 9.18. The fourth-order valence-corrected chi connectivity index (χ4v) is 16.8. The first-order valence-corrected chi connectivity index (χ1v) is 26.9. The minimum atomic E-state index is -3.03. The molecule has 5 aromatic heterocycles. The van der Waals surface area contributed by atoms with Crippen LogP contribution in [0, 0.1) is 0 Å². The van der Waals surface area contributed by atoms with E-state index in [1.54, 1.807) is 0 Å². The van der Waals surface area contributed by atoms with Crippen molar-refractivity contribution in [2.45, 2.75) is 0 Å². The SMILES string of the molecule is c1ccc([Si](c2ccccc2)(c2ccc(-n3c4ccccc4c4ccccc43)cc2)c2cccc(-c3cc(-n4c5ccccc5c5ccccc54)nc(-n4c5ccccc5n5c6ccccc6nc45)c3)c2)cc1. The van der Waals surface area contributed by atoms with Crippen LogP contribution in [0.1, 0.15) is 0 Å². The molecule has 0 amide bonds. The van der Waals surface area contributed by atoms with Crippen LogP contribution in [0.25, 0.3) is 99.9 Å². The predicted molar refractivity (Wildman–Crippen MR) is 305 cm³/mol. The van der Waals surface area contributed by atoms with Crippen molar-refractivity contribution in [3.05, 3.63) is 267 Å². The van der Waals surface area contributed by atoms with Crippen molar-refractivity contribution in [2.75, 3.05) is 0 Å². The van der Waals surface area contributed by atoms with Crippen molar-refractivity contribution >= 4 is 100 Å². The summed E-state index contributed by atoms with van der Waals surface area (Å²) >= 11 is 0. The molecule has 0 saturated carbocycles. The van der Waals surface area contributed by atoms with Crippen molar-refractivity contribution in [2.24, 2.45) is 0 Å². The van der Waals surface area contributed by atoms with Crippen molar-refractivity contribution in [1.29, 1.82) is 0 Å². The van der Waals surface area contributed by atoms with E-state index in [-0.39, 0.29) is 0 Å². The van der Waals surface area contributed by atoms with Gasteiger partial charge >= 0.3 is 0 Å². The summed E-state index contributed by atoms with van der Waals surface area (Å²) in [6.45, 7) is 0. The summed E-state index contributed by atoms with van der Waals surface area (Å²) in [6.07, 6.45) is 0. The van der Waals surface area contributed by atoms with Gasteiger partial charge in [-0.25, -0.2) is 9.97 Å². The minimum absolute atomic E-state index is 0.788. The van der Waals surface area contributed by atoms with Gasteiger partial charge in [0.15, 0.2) is 8.07 Å². The van der Waals surface area contributed by atoms with Crippen LogP contribution >= 0.6 is 0 Å². The molecule has 0 unspecified atom stereocenters. The third-order valence-electron chi connectivity index (χ3n) is 15.1. The highest BCUT2D eigenvalue weighted by Crippen LogP contribution is 2.36. The van der Waals surface area contributed by atoms with Crippen LogP contribution in [0.4, 0.5) is 0 Å². The van der Waals surface area contributed by atoms with Crippen LogP contribution in [-0.4, -0.2) is 36.1 Å². The second-order valence-corrected chi connectivity index (χ2v) is 22.8. The summed E-state index contributed by atoms with van der Waals surface area (Å²) in [7, 11) is -3.03. The van der Waals surface area contributed by atoms with Gasteiger partial charge in [0.1, 0.15) is 11.6 Å². The highest BCUT2D eigenvalue weighted by atomic mass is 28.3. The topological polar surface area (TPSA) is 45.0 Å². The van der Waals surface area contributed by atoms with E-state index in [0.717, 1.165) is 67.3 Å². The second kappa shape index (κ2) is 16.2. The number of aromatic nitrogens is 6. The van der Waals surface area contributed by atoms with Gasteiger partial charge in [-0.3, -0.25) is 13.5 Å². The Morgan fingerprint density at radius 1 is 0.274 bits per heavy atom. The first kappa shape index (κ1) is 41.2. The monoisotopic (exact) mass is 948 g/mol. The Bertz CT molecular complexity index is 4470. The van der Waals surface area contributed by atoms with Gasteiger partial charge in [-0.2, -0.15) is 0 Å². The Morgan fingerprint density at radius 3 is 1.29 bits per heavy atom. The molecule has 0 spiro atoms. The van der Waals surface area contributed by atoms with E-state index < -0.39 is 8.07 Å². The van der Waals surface area contributed by atoms with Crippen molar-refractivity contribution in [1.82, 2.24) is 28.1 Å². The molecule has 7 heteroatoms.